The molecule has 0 amide bonds. The van der Waals surface area contributed by atoms with Crippen LogP contribution in [0.2, 0.25) is 0 Å². The van der Waals surface area contributed by atoms with E-state index < -0.39 is 22.8 Å². The Morgan fingerprint density at radius 1 is 0.585 bits per heavy atom. The van der Waals surface area contributed by atoms with Crippen LogP contribution in [0.15, 0.2) is 84.9 Å². The summed E-state index contributed by atoms with van der Waals surface area (Å²) in [5, 5.41) is 42.8. The van der Waals surface area contributed by atoms with Crippen LogP contribution in [0.4, 0.5) is 0 Å². The molecule has 0 aliphatic rings. The van der Waals surface area contributed by atoms with Crippen molar-refractivity contribution in [1.82, 2.24) is 0 Å². The van der Waals surface area contributed by atoms with Crippen molar-refractivity contribution in [1.29, 1.82) is 0 Å². The number of hydrogen-bond acceptors (Lipinski definition) is 6. The maximum Gasteiger partial charge on any atom is 2.00 e. The number of carboxylic acid groups (broad SMARTS) is 2. The third kappa shape index (κ3) is 7.22. The normalized spacial score (nSPS) is 11.1. The summed E-state index contributed by atoms with van der Waals surface area (Å²) >= 11 is 0. The second kappa shape index (κ2) is 13.1. The van der Waals surface area contributed by atoms with Crippen LogP contribution in [-0.2, 0) is 30.3 Å². The van der Waals surface area contributed by atoms with Gasteiger partial charge in [0.15, 0.2) is 0 Å². The van der Waals surface area contributed by atoms with Crippen LogP contribution in [-0.4, -0.2) is 22.2 Å². The molecule has 208 valence electrons. The molecule has 4 aromatic carbocycles. The molecule has 0 saturated heterocycles. The molecule has 0 atom stereocenters. The molecule has 6 nitrogen and oxygen atoms in total. The van der Waals surface area contributed by atoms with Gasteiger partial charge >= 0.3 is 19.5 Å². The molecular formula is C34H34O6Zn. The van der Waals surface area contributed by atoms with Crippen LogP contribution in [0.25, 0.3) is 0 Å². The van der Waals surface area contributed by atoms with Crippen molar-refractivity contribution >= 4 is 11.9 Å². The minimum atomic E-state index is -1.36. The smallest absolute Gasteiger partial charge is 0.545 e. The van der Waals surface area contributed by atoms with Gasteiger partial charge in [-0.05, 0) is 48.2 Å². The molecule has 0 bridgehead atoms. The van der Waals surface area contributed by atoms with Crippen LogP contribution >= 0.6 is 0 Å². The molecule has 0 aromatic heterocycles. The van der Waals surface area contributed by atoms with Gasteiger partial charge in [-0.3, -0.25) is 0 Å². The predicted octanol–water partition coefficient (Wildman–Crippen LogP) is 4.78. The van der Waals surface area contributed by atoms with Crippen molar-refractivity contribution in [3.05, 3.63) is 129 Å². The molecule has 4 rings (SSSR count). The van der Waals surface area contributed by atoms with Gasteiger partial charge in [0.05, 0.1) is 11.9 Å². The Balaban J connectivity index is 0.000000280. The number of aryl methyl sites for hydroxylation is 2. The minimum absolute atomic E-state index is 0. The number of benzene rings is 4. The summed E-state index contributed by atoms with van der Waals surface area (Å²) in [5.41, 5.74) is 3.42. The predicted molar refractivity (Wildman–Crippen MR) is 151 cm³/mol. The Bertz CT molecular complexity index is 1410. The summed E-state index contributed by atoms with van der Waals surface area (Å²) in [5.74, 6) is -3.17. The van der Waals surface area contributed by atoms with Gasteiger partial charge in [-0.1, -0.05) is 100 Å². The summed E-state index contributed by atoms with van der Waals surface area (Å²) < 4.78 is 0. The summed E-state index contributed by atoms with van der Waals surface area (Å²) in [6, 6.07) is 25.8. The standard InChI is InChI=1S/2C17H18O3.Zn/c2*1-11-9-13(16(19)20)15(18)14(10-11)17(2,3)12-7-5-4-6-8-12;/h2*4-10,18H,1-3H3,(H,19,20);/q;;+2/p-2. The average molecular weight is 604 g/mol. The zero-order valence-electron chi connectivity index (χ0n) is 24.3. The third-order valence-electron chi connectivity index (χ3n) is 7.29. The van der Waals surface area contributed by atoms with E-state index in [0.29, 0.717) is 11.1 Å². The van der Waals surface area contributed by atoms with Crippen LogP contribution in [0, 0.1) is 13.8 Å². The molecular weight excluding hydrogens is 570 g/mol. The van der Waals surface area contributed by atoms with Gasteiger partial charge in [-0.15, -0.1) is 0 Å². The monoisotopic (exact) mass is 602 g/mol. The van der Waals surface area contributed by atoms with E-state index >= 15 is 0 Å². The Kier molecular flexibility index (Phi) is 10.7. The first-order chi connectivity index (χ1) is 18.7. The first-order valence-electron chi connectivity index (χ1n) is 12.9. The largest absolute Gasteiger partial charge is 2.00 e. The van der Waals surface area contributed by atoms with E-state index in [0.717, 1.165) is 22.3 Å². The molecule has 0 radical (unpaired) electrons. The van der Waals surface area contributed by atoms with Crippen LogP contribution in [0.1, 0.15) is 81.8 Å². The van der Waals surface area contributed by atoms with E-state index in [2.05, 4.69) is 0 Å². The van der Waals surface area contributed by atoms with Crippen molar-refractivity contribution < 1.29 is 49.5 Å². The van der Waals surface area contributed by atoms with E-state index in [1.807, 2.05) is 100 Å². The zero-order chi connectivity index (χ0) is 29.8. The summed E-state index contributed by atoms with van der Waals surface area (Å²) in [6.07, 6.45) is 0. The van der Waals surface area contributed by atoms with Crippen molar-refractivity contribution in [3.8, 4) is 11.5 Å². The van der Waals surface area contributed by atoms with Gasteiger partial charge in [-0.2, -0.15) is 0 Å². The van der Waals surface area contributed by atoms with Crippen LogP contribution in [0.5, 0.6) is 11.5 Å². The number of aromatic hydroxyl groups is 2. The van der Waals surface area contributed by atoms with Gasteiger partial charge in [0, 0.05) is 33.1 Å². The number of phenols is 2. The van der Waals surface area contributed by atoms with Gasteiger partial charge in [0.2, 0.25) is 0 Å². The maximum atomic E-state index is 11.1. The van der Waals surface area contributed by atoms with Gasteiger partial charge in [-0.25, -0.2) is 0 Å². The van der Waals surface area contributed by atoms with Gasteiger partial charge < -0.3 is 30.0 Å². The quantitative estimate of drug-likeness (QED) is 0.306. The van der Waals surface area contributed by atoms with E-state index in [-0.39, 0.29) is 42.1 Å². The fraction of sp³-hybridized carbons (Fsp3) is 0.235. The van der Waals surface area contributed by atoms with Gasteiger partial charge in [0.25, 0.3) is 0 Å². The SMILES string of the molecule is Cc1cc(C(=O)[O-])c(O)c(C(C)(C)c2ccccc2)c1.Cc1cc(C(=O)[O-])c(O)c(C(C)(C)c2ccccc2)c1.[Zn+2]. The first-order valence-corrected chi connectivity index (χ1v) is 12.9. The maximum absolute atomic E-state index is 11.1. The number of aromatic carboxylic acids is 2. The number of rotatable bonds is 6. The van der Waals surface area contributed by atoms with E-state index in [1.54, 1.807) is 13.8 Å². The summed E-state index contributed by atoms with van der Waals surface area (Å²) in [7, 11) is 0. The topological polar surface area (TPSA) is 121 Å². The molecule has 2 N–H and O–H groups in total. The first kappa shape index (κ1) is 33.3. The Morgan fingerprint density at radius 2 is 0.878 bits per heavy atom. The van der Waals surface area contributed by atoms with Crippen molar-refractivity contribution in [2.45, 2.75) is 52.4 Å². The van der Waals surface area contributed by atoms with Crippen molar-refractivity contribution in [2.24, 2.45) is 0 Å². The molecule has 41 heavy (non-hydrogen) atoms. The van der Waals surface area contributed by atoms with Crippen LogP contribution < -0.4 is 10.2 Å². The van der Waals surface area contributed by atoms with Crippen molar-refractivity contribution in [3.63, 3.8) is 0 Å². The molecule has 0 heterocycles. The average Bonchev–Trinajstić information content (AvgIpc) is 2.91. The zero-order valence-corrected chi connectivity index (χ0v) is 27.3. The fourth-order valence-electron chi connectivity index (χ4n) is 4.84. The Morgan fingerprint density at radius 3 is 1.15 bits per heavy atom. The Labute approximate surface area is 254 Å². The van der Waals surface area contributed by atoms with Gasteiger partial charge in [0.1, 0.15) is 11.5 Å². The minimum Gasteiger partial charge on any atom is -0.545 e. The number of carbonyl (C=O) groups excluding carboxylic acids is 2. The fourth-order valence-corrected chi connectivity index (χ4v) is 4.84. The molecule has 4 aromatic rings. The summed E-state index contributed by atoms with van der Waals surface area (Å²) in [6.45, 7) is 11.4. The third-order valence-corrected chi connectivity index (χ3v) is 7.29. The van der Waals surface area contributed by atoms with E-state index in [1.165, 1.54) is 12.1 Å². The molecule has 0 fully saturated rings. The molecule has 7 heteroatoms. The molecule has 0 aliphatic heterocycles. The summed E-state index contributed by atoms with van der Waals surface area (Å²) in [4.78, 5) is 22.2. The second-order valence-electron chi connectivity index (χ2n) is 11.0. The van der Waals surface area contributed by atoms with E-state index in [4.69, 9.17) is 0 Å². The number of hydrogen-bond donors (Lipinski definition) is 2. The van der Waals surface area contributed by atoms with Crippen molar-refractivity contribution in [2.75, 3.05) is 0 Å². The van der Waals surface area contributed by atoms with E-state index in [9.17, 15) is 30.0 Å². The molecule has 0 aliphatic carbocycles. The van der Waals surface area contributed by atoms with Crippen LogP contribution in [0.3, 0.4) is 0 Å². The molecule has 0 spiro atoms. The number of carbonyl (C=O) groups is 2. The molecule has 0 unspecified atom stereocenters. The molecule has 0 saturated carbocycles. The second-order valence-corrected chi connectivity index (χ2v) is 11.0. The Hall–Kier alpha value is -3.96. The number of carboxylic acids is 2.